The first kappa shape index (κ1) is 17.6. The average molecular weight is 385 g/mol. The number of hydrogen-bond donors (Lipinski definition) is 1. The Morgan fingerprint density at radius 1 is 1.41 bits per heavy atom. The van der Waals surface area contributed by atoms with Gasteiger partial charge in [-0.1, -0.05) is 0 Å². The summed E-state index contributed by atoms with van der Waals surface area (Å²) in [7, 11) is -0.285. The topological polar surface area (TPSA) is 121 Å². The summed E-state index contributed by atoms with van der Waals surface area (Å²) in [6, 6.07) is 4.08. The first-order valence-corrected chi connectivity index (χ1v) is 10.00. The van der Waals surface area contributed by atoms with Gasteiger partial charge in [-0.05, 0) is 18.9 Å². The lowest BCUT2D eigenvalue weighted by molar-refractivity contribution is 0.131. The summed E-state index contributed by atoms with van der Waals surface area (Å²) < 4.78 is 27.7. The SMILES string of the molecule is CN(C)S(=O)(=O)C1CC(CC#N)(n2cc(-c3ncnc4[nH]ccc34)cn2)C1. The number of nitrogens with zero attached hydrogens (tertiary/aromatic N) is 6. The minimum absolute atomic E-state index is 0.205. The molecule has 9 nitrogen and oxygen atoms in total. The molecular weight excluding hydrogens is 366 g/mol. The standard InChI is InChI=1S/C17H19N7O2S/c1-23(2)27(25,26)13-7-17(8-13,4-5-18)24-10-12(9-22-24)15-14-3-6-19-16(14)21-11-20-15/h3,6,9-11,13H,4,7-8H2,1-2H3,(H,19,20,21). The van der Waals surface area contributed by atoms with E-state index in [0.29, 0.717) is 12.8 Å². The molecule has 0 aromatic carbocycles. The molecule has 0 radical (unpaired) electrons. The number of hydrogen-bond acceptors (Lipinski definition) is 6. The fraction of sp³-hybridized carbons (Fsp3) is 0.412. The minimum Gasteiger partial charge on any atom is -0.346 e. The smallest absolute Gasteiger partial charge is 0.216 e. The van der Waals surface area contributed by atoms with Gasteiger partial charge in [0.25, 0.3) is 0 Å². The zero-order valence-electron chi connectivity index (χ0n) is 15.0. The molecule has 0 bridgehead atoms. The third-order valence-electron chi connectivity index (χ3n) is 5.25. The van der Waals surface area contributed by atoms with Gasteiger partial charge in [0.1, 0.15) is 12.0 Å². The Labute approximate surface area is 156 Å². The van der Waals surface area contributed by atoms with Crippen LogP contribution < -0.4 is 0 Å². The van der Waals surface area contributed by atoms with Gasteiger partial charge in [-0.3, -0.25) is 4.68 Å². The van der Waals surface area contributed by atoms with Gasteiger partial charge in [0.05, 0.1) is 35.2 Å². The molecule has 1 saturated carbocycles. The molecule has 0 amide bonds. The van der Waals surface area contributed by atoms with Gasteiger partial charge in [0.2, 0.25) is 10.0 Å². The highest BCUT2D eigenvalue weighted by molar-refractivity contribution is 7.89. The maximum Gasteiger partial charge on any atom is 0.216 e. The molecule has 1 fully saturated rings. The van der Waals surface area contributed by atoms with Crippen molar-refractivity contribution in [1.29, 1.82) is 5.26 Å². The summed E-state index contributed by atoms with van der Waals surface area (Å²) in [6.45, 7) is 0. The Morgan fingerprint density at radius 2 is 2.19 bits per heavy atom. The van der Waals surface area contributed by atoms with E-state index in [2.05, 4.69) is 26.1 Å². The molecule has 0 atom stereocenters. The fourth-order valence-corrected chi connectivity index (χ4v) is 5.30. The molecule has 3 aromatic heterocycles. The molecule has 3 aromatic rings. The maximum atomic E-state index is 12.4. The molecule has 27 heavy (non-hydrogen) atoms. The van der Waals surface area contributed by atoms with Gasteiger partial charge in [-0.2, -0.15) is 10.4 Å². The summed E-state index contributed by atoms with van der Waals surface area (Å²) in [5.74, 6) is 0. The second-order valence-electron chi connectivity index (χ2n) is 7.05. The van der Waals surface area contributed by atoms with E-state index >= 15 is 0 Å². The first-order chi connectivity index (χ1) is 12.9. The number of H-pyrrole nitrogens is 1. The normalized spacial score (nSPS) is 22.7. The quantitative estimate of drug-likeness (QED) is 0.710. The molecule has 4 rings (SSSR count). The van der Waals surface area contributed by atoms with Gasteiger partial charge in [0.15, 0.2) is 0 Å². The van der Waals surface area contributed by atoms with Gasteiger partial charge in [0, 0.05) is 37.4 Å². The Kier molecular flexibility index (Phi) is 4.01. The highest BCUT2D eigenvalue weighted by atomic mass is 32.2. The van der Waals surface area contributed by atoms with Crippen molar-refractivity contribution < 1.29 is 8.42 Å². The van der Waals surface area contributed by atoms with E-state index in [1.165, 1.54) is 24.7 Å². The lowest BCUT2D eigenvalue weighted by atomic mass is 9.74. The average Bonchev–Trinajstić information content (AvgIpc) is 3.26. The number of aromatic amines is 1. The Morgan fingerprint density at radius 3 is 2.89 bits per heavy atom. The van der Waals surface area contributed by atoms with Crippen LogP contribution in [0, 0.1) is 11.3 Å². The van der Waals surface area contributed by atoms with E-state index in [1.807, 2.05) is 12.3 Å². The third kappa shape index (κ3) is 2.70. The number of sulfonamides is 1. The van der Waals surface area contributed by atoms with E-state index in [-0.39, 0.29) is 6.42 Å². The Bertz CT molecular complexity index is 1130. The van der Waals surface area contributed by atoms with Crippen molar-refractivity contribution >= 4 is 21.1 Å². The first-order valence-electron chi connectivity index (χ1n) is 8.49. The van der Waals surface area contributed by atoms with Gasteiger partial charge in [-0.15, -0.1) is 0 Å². The number of aromatic nitrogens is 5. The number of rotatable bonds is 5. The van der Waals surface area contributed by atoms with E-state index in [1.54, 1.807) is 17.1 Å². The van der Waals surface area contributed by atoms with Crippen LogP contribution in [-0.4, -0.2) is 56.8 Å². The summed E-state index contributed by atoms with van der Waals surface area (Å²) in [4.78, 5) is 11.6. The molecule has 0 aliphatic heterocycles. The minimum atomic E-state index is -3.35. The van der Waals surface area contributed by atoms with Crippen molar-refractivity contribution in [2.45, 2.75) is 30.1 Å². The second kappa shape index (κ2) is 6.14. The number of nitrogens with one attached hydrogen (secondary N) is 1. The van der Waals surface area contributed by atoms with E-state index in [0.717, 1.165) is 22.3 Å². The largest absolute Gasteiger partial charge is 0.346 e. The predicted molar refractivity (Wildman–Crippen MR) is 98.9 cm³/mol. The van der Waals surface area contributed by atoms with Crippen molar-refractivity contribution in [2.24, 2.45) is 0 Å². The van der Waals surface area contributed by atoms with Crippen LogP contribution in [0.5, 0.6) is 0 Å². The maximum absolute atomic E-state index is 12.4. The summed E-state index contributed by atoms with van der Waals surface area (Å²) in [5, 5.41) is 14.1. The predicted octanol–water partition coefficient (Wildman–Crippen LogP) is 1.48. The van der Waals surface area contributed by atoms with Crippen LogP contribution in [0.4, 0.5) is 0 Å². The molecular formula is C17H19N7O2S. The summed E-state index contributed by atoms with van der Waals surface area (Å²) >= 11 is 0. The van der Waals surface area contributed by atoms with Crippen LogP contribution in [0.2, 0.25) is 0 Å². The van der Waals surface area contributed by atoms with Crippen LogP contribution in [0.25, 0.3) is 22.3 Å². The fourth-order valence-electron chi connectivity index (χ4n) is 3.66. The van der Waals surface area contributed by atoms with Crippen LogP contribution in [0.3, 0.4) is 0 Å². The van der Waals surface area contributed by atoms with Crippen molar-refractivity contribution in [3.8, 4) is 17.3 Å². The molecule has 10 heteroatoms. The van der Waals surface area contributed by atoms with Gasteiger partial charge >= 0.3 is 0 Å². The van der Waals surface area contributed by atoms with Gasteiger partial charge < -0.3 is 4.98 Å². The number of fused-ring (bicyclic) bond motifs is 1. The van der Waals surface area contributed by atoms with E-state index in [9.17, 15) is 13.7 Å². The second-order valence-corrected chi connectivity index (χ2v) is 9.48. The lowest BCUT2D eigenvalue weighted by Gasteiger charge is -2.46. The highest BCUT2D eigenvalue weighted by Gasteiger charge is 2.52. The molecule has 0 unspecified atom stereocenters. The van der Waals surface area contributed by atoms with Crippen LogP contribution >= 0.6 is 0 Å². The summed E-state index contributed by atoms with van der Waals surface area (Å²) in [5.41, 5.74) is 1.68. The molecule has 1 aliphatic rings. The molecule has 140 valence electrons. The van der Waals surface area contributed by atoms with E-state index < -0.39 is 20.8 Å². The molecule has 1 aliphatic carbocycles. The molecule has 1 N–H and O–H groups in total. The molecule has 0 spiro atoms. The third-order valence-corrected chi connectivity index (χ3v) is 7.44. The number of nitriles is 1. The molecule has 3 heterocycles. The van der Waals surface area contributed by atoms with Gasteiger partial charge in [-0.25, -0.2) is 22.7 Å². The van der Waals surface area contributed by atoms with E-state index in [4.69, 9.17) is 0 Å². The van der Waals surface area contributed by atoms with Crippen LogP contribution in [-0.2, 0) is 15.6 Å². The monoisotopic (exact) mass is 385 g/mol. The van der Waals surface area contributed by atoms with Crippen LogP contribution in [0.15, 0.2) is 31.0 Å². The van der Waals surface area contributed by atoms with Crippen molar-refractivity contribution in [1.82, 2.24) is 29.0 Å². The Hall–Kier alpha value is -2.77. The zero-order valence-corrected chi connectivity index (χ0v) is 15.8. The highest BCUT2D eigenvalue weighted by Crippen LogP contribution is 2.46. The van der Waals surface area contributed by atoms with Crippen molar-refractivity contribution in [3.63, 3.8) is 0 Å². The summed E-state index contributed by atoms with van der Waals surface area (Å²) in [6.07, 6.45) is 7.76. The lowest BCUT2D eigenvalue weighted by Crippen LogP contribution is -2.54. The van der Waals surface area contributed by atoms with Crippen LogP contribution in [0.1, 0.15) is 19.3 Å². The molecule has 0 saturated heterocycles. The zero-order chi connectivity index (χ0) is 19.2. The van der Waals surface area contributed by atoms with Crippen molar-refractivity contribution in [3.05, 3.63) is 31.0 Å². The Balaban J connectivity index is 1.67. The van der Waals surface area contributed by atoms with Crippen molar-refractivity contribution in [2.75, 3.05) is 14.1 Å².